The molecule has 0 bridgehead atoms. The number of nitrogens with one attached hydrogen (secondary N) is 1. The summed E-state index contributed by atoms with van der Waals surface area (Å²) in [5.41, 5.74) is -3.30. The van der Waals surface area contributed by atoms with E-state index in [4.69, 9.17) is 0 Å². The van der Waals surface area contributed by atoms with E-state index in [9.17, 15) is 13.2 Å². The van der Waals surface area contributed by atoms with Gasteiger partial charge in [-0.2, -0.15) is 13.2 Å². The molecule has 2 rings (SSSR count). The highest BCUT2D eigenvalue weighted by atomic mass is 32.2. The number of thioether (sulfide) groups is 1. The van der Waals surface area contributed by atoms with Crippen LogP contribution in [0.25, 0.3) is 0 Å². The van der Waals surface area contributed by atoms with Gasteiger partial charge in [-0.25, -0.2) is 0 Å². The zero-order valence-electron chi connectivity index (χ0n) is 11.5. The van der Waals surface area contributed by atoms with Crippen molar-refractivity contribution in [1.29, 1.82) is 0 Å². The van der Waals surface area contributed by atoms with Crippen LogP contribution in [-0.4, -0.2) is 11.6 Å². The first-order valence-electron chi connectivity index (χ1n) is 7.10. The van der Waals surface area contributed by atoms with E-state index in [0.717, 1.165) is 18.5 Å². The Labute approximate surface area is 122 Å². The third-order valence-corrected chi connectivity index (χ3v) is 4.61. The predicted molar refractivity (Wildman–Crippen MR) is 78.0 cm³/mol. The van der Waals surface area contributed by atoms with Gasteiger partial charge in [-0.3, -0.25) is 0 Å². The molecule has 0 aliphatic heterocycles. The SMILES string of the molecule is CCC1CCCCC1Nc1ccc(SC(F)(F)F)cc1. The van der Waals surface area contributed by atoms with Crippen molar-refractivity contribution in [2.24, 2.45) is 5.92 Å². The van der Waals surface area contributed by atoms with E-state index in [2.05, 4.69) is 12.2 Å². The Morgan fingerprint density at radius 2 is 1.80 bits per heavy atom. The maximum atomic E-state index is 12.3. The first-order valence-corrected chi connectivity index (χ1v) is 7.92. The van der Waals surface area contributed by atoms with Gasteiger partial charge in [0, 0.05) is 16.6 Å². The summed E-state index contributed by atoms with van der Waals surface area (Å²) < 4.78 is 36.8. The van der Waals surface area contributed by atoms with Gasteiger partial charge in [0.15, 0.2) is 0 Å². The lowest BCUT2D eigenvalue weighted by molar-refractivity contribution is -0.0328. The second kappa shape index (κ2) is 6.74. The number of alkyl halides is 3. The highest BCUT2D eigenvalue weighted by Gasteiger charge is 2.29. The standard InChI is InChI=1S/C15H20F3NS/c1-2-11-5-3-4-6-14(11)19-12-7-9-13(10-8-12)20-15(16,17)18/h7-11,14,19H,2-6H2,1H3. The quantitative estimate of drug-likeness (QED) is 0.718. The molecule has 1 saturated carbocycles. The number of hydrogen-bond acceptors (Lipinski definition) is 2. The van der Waals surface area contributed by atoms with Crippen molar-refractivity contribution in [3.8, 4) is 0 Å². The molecule has 5 heteroatoms. The fraction of sp³-hybridized carbons (Fsp3) is 0.600. The number of anilines is 1. The number of benzene rings is 1. The predicted octanol–water partition coefficient (Wildman–Crippen LogP) is 5.68. The zero-order chi connectivity index (χ0) is 14.6. The fourth-order valence-corrected chi connectivity index (χ4v) is 3.39. The molecule has 112 valence electrons. The van der Waals surface area contributed by atoms with Crippen LogP contribution in [0.4, 0.5) is 18.9 Å². The molecule has 2 unspecified atom stereocenters. The highest BCUT2D eigenvalue weighted by molar-refractivity contribution is 8.00. The van der Waals surface area contributed by atoms with Crippen molar-refractivity contribution in [2.75, 3.05) is 5.32 Å². The average Bonchev–Trinajstić information content (AvgIpc) is 2.40. The first-order chi connectivity index (χ1) is 9.48. The van der Waals surface area contributed by atoms with E-state index < -0.39 is 5.51 Å². The molecule has 0 radical (unpaired) electrons. The molecule has 2 atom stereocenters. The minimum atomic E-state index is -4.22. The van der Waals surface area contributed by atoms with Gasteiger partial charge in [-0.15, -0.1) is 0 Å². The Kier molecular flexibility index (Phi) is 5.24. The van der Waals surface area contributed by atoms with Crippen molar-refractivity contribution in [3.63, 3.8) is 0 Å². The molecule has 0 saturated heterocycles. The van der Waals surface area contributed by atoms with Gasteiger partial charge < -0.3 is 5.32 Å². The summed E-state index contributed by atoms with van der Waals surface area (Å²) in [4.78, 5) is 0.235. The molecule has 20 heavy (non-hydrogen) atoms. The van der Waals surface area contributed by atoms with Gasteiger partial charge in [-0.1, -0.05) is 26.2 Å². The highest BCUT2D eigenvalue weighted by Crippen LogP contribution is 2.37. The summed E-state index contributed by atoms with van der Waals surface area (Å²) in [5.74, 6) is 0.674. The number of hydrogen-bond donors (Lipinski definition) is 1. The van der Waals surface area contributed by atoms with E-state index in [1.165, 1.54) is 31.4 Å². The molecule has 0 heterocycles. The minimum Gasteiger partial charge on any atom is -0.382 e. The van der Waals surface area contributed by atoms with Crippen molar-refractivity contribution in [1.82, 2.24) is 0 Å². The van der Waals surface area contributed by atoms with Crippen LogP contribution < -0.4 is 5.32 Å². The maximum Gasteiger partial charge on any atom is 0.446 e. The molecule has 1 aromatic rings. The van der Waals surface area contributed by atoms with Crippen LogP contribution in [0.2, 0.25) is 0 Å². The van der Waals surface area contributed by atoms with Crippen LogP contribution in [-0.2, 0) is 0 Å². The Balaban J connectivity index is 1.96. The smallest absolute Gasteiger partial charge is 0.382 e. The van der Waals surface area contributed by atoms with E-state index in [1.807, 2.05) is 0 Å². The molecule has 1 aromatic carbocycles. The first kappa shape index (κ1) is 15.5. The molecule has 1 nitrogen and oxygen atoms in total. The minimum absolute atomic E-state index is 0.0672. The van der Waals surface area contributed by atoms with Gasteiger partial charge >= 0.3 is 5.51 Å². The topological polar surface area (TPSA) is 12.0 Å². The maximum absolute atomic E-state index is 12.3. The second-order valence-electron chi connectivity index (χ2n) is 5.28. The molecule has 1 fully saturated rings. The molecular formula is C15H20F3NS. The van der Waals surface area contributed by atoms with Crippen LogP contribution in [0.3, 0.4) is 0 Å². The van der Waals surface area contributed by atoms with Crippen molar-refractivity contribution in [2.45, 2.75) is 55.5 Å². The molecule has 0 spiro atoms. The molecular weight excluding hydrogens is 283 g/mol. The van der Waals surface area contributed by atoms with Crippen LogP contribution >= 0.6 is 11.8 Å². The van der Waals surface area contributed by atoms with Gasteiger partial charge in [0.25, 0.3) is 0 Å². The lowest BCUT2D eigenvalue weighted by Gasteiger charge is -2.32. The summed E-state index contributed by atoms with van der Waals surface area (Å²) in [7, 11) is 0. The Morgan fingerprint density at radius 1 is 1.15 bits per heavy atom. The lowest BCUT2D eigenvalue weighted by Crippen LogP contribution is -2.31. The zero-order valence-corrected chi connectivity index (χ0v) is 12.4. The van der Waals surface area contributed by atoms with Crippen molar-refractivity contribution < 1.29 is 13.2 Å². The largest absolute Gasteiger partial charge is 0.446 e. The molecule has 1 aliphatic carbocycles. The summed E-state index contributed by atoms with van der Waals surface area (Å²) in [6.07, 6.45) is 6.07. The van der Waals surface area contributed by atoms with Crippen molar-refractivity contribution >= 4 is 17.4 Å². The van der Waals surface area contributed by atoms with Gasteiger partial charge in [0.2, 0.25) is 0 Å². The van der Waals surface area contributed by atoms with Gasteiger partial charge in [0.1, 0.15) is 0 Å². The van der Waals surface area contributed by atoms with Crippen LogP contribution in [0.15, 0.2) is 29.2 Å². The monoisotopic (exact) mass is 303 g/mol. The third-order valence-electron chi connectivity index (χ3n) is 3.87. The van der Waals surface area contributed by atoms with Crippen molar-refractivity contribution in [3.05, 3.63) is 24.3 Å². The normalized spacial score (nSPS) is 23.6. The van der Waals surface area contributed by atoms with Gasteiger partial charge in [0.05, 0.1) is 0 Å². The third kappa shape index (κ3) is 4.62. The second-order valence-corrected chi connectivity index (χ2v) is 6.41. The Morgan fingerprint density at radius 3 is 2.40 bits per heavy atom. The Bertz CT molecular complexity index is 416. The molecule has 0 amide bonds. The number of rotatable bonds is 4. The summed E-state index contributed by atoms with van der Waals surface area (Å²) in [6, 6.07) is 7.01. The van der Waals surface area contributed by atoms with E-state index >= 15 is 0 Å². The van der Waals surface area contributed by atoms with E-state index in [-0.39, 0.29) is 16.7 Å². The van der Waals surface area contributed by atoms with Crippen LogP contribution in [0, 0.1) is 5.92 Å². The molecule has 1 N–H and O–H groups in total. The van der Waals surface area contributed by atoms with Crippen LogP contribution in [0.1, 0.15) is 39.0 Å². The average molecular weight is 303 g/mol. The summed E-state index contributed by atoms with van der Waals surface area (Å²) in [5, 5.41) is 3.48. The summed E-state index contributed by atoms with van der Waals surface area (Å²) >= 11 is -0.0672. The van der Waals surface area contributed by atoms with Gasteiger partial charge in [-0.05, 0) is 54.8 Å². The molecule has 0 aromatic heterocycles. The van der Waals surface area contributed by atoms with Crippen LogP contribution in [0.5, 0.6) is 0 Å². The lowest BCUT2D eigenvalue weighted by atomic mass is 9.83. The van der Waals surface area contributed by atoms with E-state index in [0.29, 0.717) is 12.0 Å². The summed E-state index contributed by atoms with van der Waals surface area (Å²) in [6.45, 7) is 2.20. The molecule has 1 aliphatic rings. The van der Waals surface area contributed by atoms with E-state index in [1.54, 1.807) is 12.1 Å². The fourth-order valence-electron chi connectivity index (χ4n) is 2.85. The number of halogens is 3. The Hall–Kier alpha value is -0.840.